The number of non-ortho nitro benzene ring substituents is 1. The van der Waals surface area contributed by atoms with Crippen molar-refractivity contribution in [2.45, 2.75) is 39.2 Å². The molecule has 0 radical (unpaired) electrons. The molecular weight excluding hydrogens is 248 g/mol. The van der Waals surface area contributed by atoms with E-state index < -0.39 is 10.9 Å². The first-order valence-electron chi connectivity index (χ1n) is 6.07. The first kappa shape index (κ1) is 14.9. The maximum absolute atomic E-state index is 11.1. The highest BCUT2D eigenvalue weighted by Gasteiger charge is 2.21. The summed E-state index contributed by atoms with van der Waals surface area (Å²) < 4.78 is 0. The number of benzene rings is 1. The standard InChI is InChI=1S/C13H18N2O4/c1-4-7-13(2,3)14-11-8-9(15(18)19)5-6-10(11)12(16)17/h5-6,8,14H,4,7H2,1-3H3,(H,16,17). The van der Waals surface area contributed by atoms with E-state index in [1.165, 1.54) is 18.2 Å². The predicted molar refractivity (Wildman–Crippen MR) is 72.7 cm³/mol. The van der Waals surface area contributed by atoms with Gasteiger partial charge in [0.25, 0.3) is 5.69 Å². The Morgan fingerprint density at radius 2 is 2.11 bits per heavy atom. The summed E-state index contributed by atoms with van der Waals surface area (Å²) in [5, 5.41) is 22.9. The molecule has 0 heterocycles. The first-order valence-corrected chi connectivity index (χ1v) is 6.07. The Kier molecular flexibility index (Phi) is 4.47. The van der Waals surface area contributed by atoms with E-state index in [2.05, 4.69) is 5.32 Å². The van der Waals surface area contributed by atoms with Crippen LogP contribution in [0.15, 0.2) is 18.2 Å². The Hall–Kier alpha value is -2.11. The number of hydrogen-bond donors (Lipinski definition) is 2. The number of carboxylic acids is 1. The van der Waals surface area contributed by atoms with Gasteiger partial charge in [-0.15, -0.1) is 0 Å². The van der Waals surface area contributed by atoms with Crippen molar-refractivity contribution in [2.75, 3.05) is 5.32 Å². The quantitative estimate of drug-likeness (QED) is 0.608. The minimum atomic E-state index is -1.11. The van der Waals surface area contributed by atoms with Crippen LogP contribution in [0.5, 0.6) is 0 Å². The van der Waals surface area contributed by atoms with E-state index in [-0.39, 0.29) is 22.5 Å². The summed E-state index contributed by atoms with van der Waals surface area (Å²) in [6.07, 6.45) is 1.76. The van der Waals surface area contributed by atoms with Crippen LogP contribution < -0.4 is 5.32 Å². The molecule has 2 N–H and O–H groups in total. The molecule has 6 heteroatoms. The summed E-state index contributed by atoms with van der Waals surface area (Å²) in [6.45, 7) is 5.89. The second-order valence-electron chi connectivity index (χ2n) is 5.05. The largest absolute Gasteiger partial charge is 0.478 e. The van der Waals surface area contributed by atoms with Gasteiger partial charge in [0.05, 0.1) is 16.2 Å². The fourth-order valence-electron chi connectivity index (χ4n) is 1.99. The van der Waals surface area contributed by atoms with Gasteiger partial charge in [0.2, 0.25) is 0 Å². The number of nitrogens with zero attached hydrogens (tertiary/aromatic N) is 1. The van der Waals surface area contributed by atoms with Gasteiger partial charge < -0.3 is 10.4 Å². The van der Waals surface area contributed by atoms with Crippen molar-refractivity contribution in [3.8, 4) is 0 Å². The smallest absolute Gasteiger partial charge is 0.337 e. The molecule has 0 aliphatic rings. The monoisotopic (exact) mass is 266 g/mol. The van der Waals surface area contributed by atoms with Crippen molar-refractivity contribution in [1.29, 1.82) is 0 Å². The summed E-state index contributed by atoms with van der Waals surface area (Å²) in [4.78, 5) is 21.4. The van der Waals surface area contributed by atoms with Crippen molar-refractivity contribution < 1.29 is 14.8 Å². The Morgan fingerprint density at radius 3 is 2.58 bits per heavy atom. The van der Waals surface area contributed by atoms with Gasteiger partial charge in [0.1, 0.15) is 0 Å². The van der Waals surface area contributed by atoms with Gasteiger partial charge in [-0.3, -0.25) is 10.1 Å². The normalized spacial score (nSPS) is 11.1. The van der Waals surface area contributed by atoms with Crippen LogP contribution in [0.3, 0.4) is 0 Å². The number of nitrogens with one attached hydrogen (secondary N) is 1. The molecule has 0 fully saturated rings. The van der Waals surface area contributed by atoms with E-state index >= 15 is 0 Å². The molecule has 0 saturated carbocycles. The molecule has 0 spiro atoms. The maximum Gasteiger partial charge on any atom is 0.337 e. The lowest BCUT2D eigenvalue weighted by Crippen LogP contribution is -2.31. The minimum absolute atomic E-state index is 0.0368. The van der Waals surface area contributed by atoms with E-state index in [9.17, 15) is 14.9 Å². The Morgan fingerprint density at radius 1 is 1.47 bits per heavy atom. The highest BCUT2D eigenvalue weighted by molar-refractivity contribution is 5.95. The molecule has 0 bridgehead atoms. The number of aromatic carboxylic acids is 1. The zero-order chi connectivity index (χ0) is 14.6. The molecule has 0 aromatic heterocycles. The van der Waals surface area contributed by atoms with Gasteiger partial charge in [0, 0.05) is 17.7 Å². The third kappa shape index (κ3) is 3.94. The number of hydrogen-bond acceptors (Lipinski definition) is 4. The molecule has 0 unspecified atom stereocenters. The Labute approximate surface area is 111 Å². The van der Waals surface area contributed by atoms with Gasteiger partial charge in [-0.05, 0) is 26.3 Å². The molecule has 6 nitrogen and oxygen atoms in total. The van der Waals surface area contributed by atoms with Crippen LogP contribution in [0, 0.1) is 10.1 Å². The SMILES string of the molecule is CCCC(C)(C)Nc1cc([N+](=O)[O-])ccc1C(=O)O. The highest BCUT2D eigenvalue weighted by atomic mass is 16.6. The average Bonchev–Trinajstić information content (AvgIpc) is 2.27. The van der Waals surface area contributed by atoms with Crippen molar-refractivity contribution in [3.63, 3.8) is 0 Å². The maximum atomic E-state index is 11.1. The summed E-state index contributed by atoms with van der Waals surface area (Å²) in [6, 6.07) is 3.72. The van der Waals surface area contributed by atoms with Crippen molar-refractivity contribution in [2.24, 2.45) is 0 Å². The number of carboxylic acid groups (broad SMARTS) is 1. The van der Waals surface area contributed by atoms with Crippen molar-refractivity contribution >= 4 is 17.3 Å². The van der Waals surface area contributed by atoms with E-state index in [1.54, 1.807) is 0 Å². The summed E-state index contributed by atoms with van der Waals surface area (Å²) >= 11 is 0. The predicted octanol–water partition coefficient (Wildman–Crippen LogP) is 3.28. The Balaban J connectivity index is 3.18. The lowest BCUT2D eigenvalue weighted by molar-refractivity contribution is -0.384. The average molecular weight is 266 g/mol. The topological polar surface area (TPSA) is 92.5 Å². The molecule has 0 saturated heterocycles. The van der Waals surface area contributed by atoms with E-state index in [1.807, 2.05) is 20.8 Å². The van der Waals surface area contributed by atoms with Crippen LogP contribution in [0.1, 0.15) is 44.0 Å². The molecule has 104 valence electrons. The second-order valence-corrected chi connectivity index (χ2v) is 5.05. The molecular formula is C13H18N2O4. The van der Waals surface area contributed by atoms with Gasteiger partial charge in [-0.25, -0.2) is 4.79 Å². The van der Waals surface area contributed by atoms with Crippen LogP contribution in [-0.2, 0) is 0 Å². The number of nitro groups is 1. The Bertz CT molecular complexity index is 497. The molecule has 0 aliphatic heterocycles. The van der Waals surface area contributed by atoms with Crippen LogP contribution in [0.25, 0.3) is 0 Å². The molecule has 0 amide bonds. The zero-order valence-electron chi connectivity index (χ0n) is 11.3. The molecule has 1 rings (SSSR count). The van der Waals surface area contributed by atoms with E-state index in [0.717, 1.165) is 12.8 Å². The fourth-order valence-corrected chi connectivity index (χ4v) is 1.99. The number of nitro benzene ring substituents is 1. The van der Waals surface area contributed by atoms with Gasteiger partial charge in [-0.1, -0.05) is 13.3 Å². The third-order valence-corrected chi connectivity index (χ3v) is 2.79. The van der Waals surface area contributed by atoms with Crippen molar-refractivity contribution in [1.82, 2.24) is 0 Å². The summed E-state index contributed by atoms with van der Waals surface area (Å²) in [7, 11) is 0. The van der Waals surface area contributed by atoms with E-state index in [0.29, 0.717) is 0 Å². The van der Waals surface area contributed by atoms with Crippen LogP contribution in [0.4, 0.5) is 11.4 Å². The van der Waals surface area contributed by atoms with Crippen LogP contribution in [0.2, 0.25) is 0 Å². The fraction of sp³-hybridized carbons (Fsp3) is 0.462. The zero-order valence-corrected chi connectivity index (χ0v) is 11.3. The number of rotatable bonds is 6. The van der Waals surface area contributed by atoms with Crippen molar-refractivity contribution in [3.05, 3.63) is 33.9 Å². The highest BCUT2D eigenvalue weighted by Crippen LogP contribution is 2.27. The first-order chi connectivity index (χ1) is 8.76. The van der Waals surface area contributed by atoms with Gasteiger partial charge in [0.15, 0.2) is 0 Å². The molecule has 19 heavy (non-hydrogen) atoms. The van der Waals surface area contributed by atoms with Gasteiger partial charge in [-0.2, -0.15) is 0 Å². The lowest BCUT2D eigenvalue weighted by atomic mass is 9.97. The second kappa shape index (κ2) is 5.69. The van der Waals surface area contributed by atoms with Gasteiger partial charge >= 0.3 is 5.97 Å². The number of anilines is 1. The van der Waals surface area contributed by atoms with E-state index in [4.69, 9.17) is 5.11 Å². The minimum Gasteiger partial charge on any atom is -0.478 e. The summed E-state index contributed by atoms with van der Waals surface area (Å²) in [5.41, 5.74) is -0.136. The molecule has 0 atom stereocenters. The van der Waals surface area contributed by atoms with Crippen LogP contribution >= 0.6 is 0 Å². The van der Waals surface area contributed by atoms with Crippen LogP contribution in [-0.4, -0.2) is 21.5 Å². The lowest BCUT2D eigenvalue weighted by Gasteiger charge is -2.27. The third-order valence-electron chi connectivity index (χ3n) is 2.79. The molecule has 1 aromatic carbocycles. The number of carbonyl (C=O) groups is 1. The molecule has 1 aromatic rings. The molecule has 0 aliphatic carbocycles. The summed E-state index contributed by atoms with van der Waals surface area (Å²) in [5.74, 6) is -1.11.